The molecule has 0 heterocycles. The molecular weight excluding hydrogens is 274 g/mol. The van der Waals surface area contributed by atoms with E-state index in [4.69, 9.17) is 9.39 Å². The second-order valence-electron chi connectivity index (χ2n) is 4.79. The highest BCUT2D eigenvalue weighted by Crippen LogP contribution is 2.19. The molecule has 0 unspecified atom stereocenters. The number of nitrogens with one attached hydrogen (secondary N) is 1. The van der Waals surface area contributed by atoms with Crippen LogP contribution in [0, 0.1) is 0 Å². The fourth-order valence-electron chi connectivity index (χ4n) is 1.26. The van der Waals surface area contributed by atoms with Crippen molar-refractivity contribution in [2.24, 2.45) is 0 Å². The first-order valence-electron chi connectivity index (χ1n) is 5.79. The predicted molar refractivity (Wildman–Crippen MR) is 69.5 cm³/mol. The molecule has 0 aromatic rings. The van der Waals surface area contributed by atoms with Crippen LogP contribution in [0.5, 0.6) is 0 Å². The van der Waals surface area contributed by atoms with Gasteiger partial charge in [-0.25, -0.2) is 9.66 Å². The first kappa shape index (κ1) is 18.0. The van der Waals surface area contributed by atoms with Gasteiger partial charge in [0, 0.05) is 5.57 Å². The van der Waals surface area contributed by atoms with E-state index < -0.39 is 16.0 Å². The van der Waals surface area contributed by atoms with Crippen molar-refractivity contribution < 1.29 is 26.8 Å². The van der Waals surface area contributed by atoms with E-state index in [0.29, 0.717) is 31.4 Å². The maximum absolute atomic E-state index is 11.0. The third-order valence-electron chi connectivity index (χ3n) is 2.16. The van der Waals surface area contributed by atoms with Crippen LogP contribution < -0.4 is 5.48 Å². The van der Waals surface area contributed by atoms with E-state index in [1.54, 1.807) is 20.8 Å². The highest BCUT2D eigenvalue weighted by molar-refractivity contribution is 7.80. The topological polar surface area (TPSA) is 102 Å². The van der Waals surface area contributed by atoms with Gasteiger partial charge in [-0.05, 0) is 40.0 Å². The smallest absolute Gasteiger partial charge is 0.273 e. The van der Waals surface area contributed by atoms with E-state index in [9.17, 15) is 13.2 Å². The summed E-state index contributed by atoms with van der Waals surface area (Å²) in [5, 5.41) is 0. The van der Waals surface area contributed by atoms with Crippen molar-refractivity contribution in [3.05, 3.63) is 12.2 Å². The van der Waals surface area contributed by atoms with Crippen molar-refractivity contribution in [3.8, 4) is 0 Å². The Kier molecular flexibility index (Phi) is 7.20. The minimum absolute atomic E-state index is 0.293. The van der Waals surface area contributed by atoms with Gasteiger partial charge in [0.05, 0.1) is 12.2 Å². The van der Waals surface area contributed by atoms with E-state index in [1.165, 1.54) is 0 Å². The van der Waals surface area contributed by atoms with Gasteiger partial charge in [0.15, 0.2) is 0 Å². The van der Waals surface area contributed by atoms with Gasteiger partial charge in [0.1, 0.15) is 0 Å². The molecule has 0 aromatic carbocycles. The van der Waals surface area contributed by atoms with Crippen molar-refractivity contribution in [2.75, 3.05) is 6.61 Å². The number of rotatable bonds is 9. The maximum Gasteiger partial charge on any atom is 0.397 e. The van der Waals surface area contributed by atoms with Crippen molar-refractivity contribution in [1.29, 1.82) is 0 Å². The van der Waals surface area contributed by atoms with Crippen LogP contribution in [0.2, 0.25) is 0 Å². The van der Waals surface area contributed by atoms with E-state index >= 15 is 0 Å². The molecule has 0 atom stereocenters. The molecule has 19 heavy (non-hydrogen) atoms. The minimum Gasteiger partial charge on any atom is -0.273 e. The number of amides is 1. The molecule has 0 aliphatic heterocycles. The molecule has 0 aliphatic carbocycles. The van der Waals surface area contributed by atoms with Gasteiger partial charge >= 0.3 is 10.4 Å². The number of carbonyl (C=O) groups excluding carboxylic acids is 1. The molecule has 0 fully saturated rings. The first-order valence-corrected chi connectivity index (χ1v) is 7.16. The van der Waals surface area contributed by atoms with Crippen LogP contribution in [-0.4, -0.2) is 31.1 Å². The Morgan fingerprint density at radius 3 is 2.42 bits per heavy atom. The molecule has 1 amide bonds. The van der Waals surface area contributed by atoms with Crippen LogP contribution >= 0.6 is 0 Å². The molecule has 0 saturated carbocycles. The van der Waals surface area contributed by atoms with Crippen LogP contribution in [0.4, 0.5) is 0 Å². The second-order valence-corrected chi connectivity index (χ2v) is 5.81. The third kappa shape index (κ3) is 10.6. The van der Waals surface area contributed by atoms with Gasteiger partial charge in [-0.3, -0.25) is 14.2 Å². The van der Waals surface area contributed by atoms with E-state index in [0.717, 1.165) is 0 Å². The van der Waals surface area contributed by atoms with Crippen molar-refractivity contribution in [2.45, 2.75) is 45.6 Å². The Morgan fingerprint density at radius 2 is 1.95 bits per heavy atom. The lowest BCUT2D eigenvalue weighted by Crippen LogP contribution is -2.28. The maximum atomic E-state index is 11.0. The van der Waals surface area contributed by atoms with Crippen molar-refractivity contribution in [3.63, 3.8) is 0 Å². The summed E-state index contributed by atoms with van der Waals surface area (Å²) in [4.78, 5) is 15.9. The molecule has 0 rings (SSSR count). The summed E-state index contributed by atoms with van der Waals surface area (Å²) >= 11 is 0. The molecule has 8 heteroatoms. The molecule has 0 saturated heterocycles. The number of unbranched alkanes of at least 4 members (excludes halogenated alkanes) is 1. The molecular formula is C11H21NO6S. The van der Waals surface area contributed by atoms with Crippen LogP contribution in [0.25, 0.3) is 0 Å². The van der Waals surface area contributed by atoms with Gasteiger partial charge in [0.25, 0.3) is 5.91 Å². The number of hydrogen-bond acceptors (Lipinski definition) is 5. The first-order chi connectivity index (χ1) is 8.53. The van der Waals surface area contributed by atoms with Gasteiger partial charge in [-0.15, -0.1) is 0 Å². The SMILES string of the molecule is C=C(C)C(=O)NOCCCCC(C)(C)OS(=O)(=O)O. The quantitative estimate of drug-likeness (QED) is 0.288. The zero-order chi connectivity index (χ0) is 15.1. The van der Waals surface area contributed by atoms with Gasteiger partial charge in [0.2, 0.25) is 0 Å². The molecule has 0 aliphatic rings. The summed E-state index contributed by atoms with van der Waals surface area (Å²) < 4.78 is 34.2. The van der Waals surface area contributed by atoms with Crippen molar-refractivity contribution in [1.82, 2.24) is 5.48 Å². The van der Waals surface area contributed by atoms with Crippen molar-refractivity contribution >= 4 is 16.3 Å². The molecule has 112 valence electrons. The van der Waals surface area contributed by atoms with Crippen LogP contribution in [0.15, 0.2) is 12.2 Å². The zero-order valence-corrected chi connectivity index (χ0v) is 12.2. The molecule has 7 nitrogen and oxygen atoms in total. The van der Waals surface area contributed by atoms with E-state index in [1.807, 2.05) is 0 Å². The fourth-order valence-corrected chi connectivity index (χ4v) is 1.91. The zero-order valence-electron chi connectivity index (χ0n) is 11.4. The summed E-state index contributed by atoms with van der Waals surface area (Å²) in [6.45, 7) is 8.42. The third-order valence-corrected chi connectivity index (χ3v) is 2.82. The second kappa shape index (κ2) is 7.59. The van der Waals surface area contributed by atoms with Gasteiger partial charge in [-0.1, -0.05) is 6.58 Å². The summed E-state index contributed by atoms with van der Waals surface area (Å²) in [7, 11) is -4.45. The standard InChI is InChI=1S/C11H21NO6S/c1-9(2)10(13)12-17-8-6-5-7-11(3,4)18-19(14,15)16/h1,5-8H2,2-4H3,(H,12,13)(H,14,15,16). The lowest BCUT2D eigenvalue weighted by molar-refractivity contribution is -0.129. The Hall–Kier alpha value is -0.960. The largest absolute Gasteiger partial charge is 0.397 e. The van der Waals surface area contributed by atoms with Gasteiger partial charge < -0.3 is 0 Å². The molecule has 0 spiro atoms. The van der Waals surface area contributed by atoms with Crippen LogP contribution in [0.3, 0.4) is 0 Å². The van der Waals surface area contributed by atoms with Crippen LogP contribution in [0.1, 0.15) is 40.0 Å². The number of carbonyl (C=O) groups is 1. The van der Waals surface area contributed by atoms with E-state index in [-0.39, 0.29) is 5.91 Å². The highest BCUT2D eigenvalue weighted by atomic mass is 32.3. The molecule has 0 aromatic heterocycles. The average molecular weight is 295 g/mol. The number of hydrogen-bond donors (Lipinski definition) is 2. The Bertz CT molecular complexity index is 415. The average Bonchev–Trinajstić information content (AvgIpc) is 2.18. The molecule has 0 radical (unpaired) electrons. The summed E-state index contributed by atoms with van der Waals surface area (Å²) in [6, 6.07) is 0. The Balaban J connectivity index is 3.75. The van der Waals surface area contributed by atoms with Gasteiger partial charge in [-0.2, -0.15) is 8.42 Å². The molecule has 0 bridgehead atoms. The fraction of sp³-hybridized carbons (Fsp3) is 0.727. The summed E-state index contributed by atoms with van der Waals surface area (Å²) in [5.74, 6) is -0.380. The van der Waals surface area contributed by atoms with E-state index in [2.05, 4.69) is 16.2 Å². The minimum atomic E-state index is -4.45. The predicted octanol–water partition coefficient (Wildman–Crippen LogP) is 1.38. The lowest BCUT2D eigenvalue weighted by atomic mass is 10.0. The lowest BCUT2D eigenvalue weighted by Gasteiger charge is -2.22. The highest BCUT2D eigenvalue weighted by Gasteiger charge is 2.24. The number of hydroxylamine groups is 1. The normalized spacial score (nSPS) is 12.2. The summed E-state index contributed by atoms with van der Waals surface area (Å²) in [6.07, 6.45) is 1.64. The molecule has 2 N–H and O–H groups in total. The Labute approximate surface area is 113 Å². The Morgan fingerprint density at radius 1 is 1.37 bits per heavy atom. The monoisotopic (exact) mass is 295 g/mol. The summed E-state index contributed by atoms with van der Waals surface area (Å²) in [5.41, 5.74) is 1.58. The van der Waals surface area contributed by atoms with Crippen LogP contribution in [-0.2, 0) is 24.2 Å².